The smallest absolute Gasteiger partial charge is 0.0919 e. The molecule has 22 heavy (non-hydrogen) atoms. The Kier molecular flexibility index (Phi) is 4.26. The normalized spacial score (nSPS) is 18.1. The van der Waals surface area contributed by atoms with Crippen molar-refractivity contribution >= 4 is 0 Å². The molecule has 0 radical (unpaired) electrons. The van der Waals surface area contributed by atoms with Gasteiger partial charge in [0.05, 0.1) is 5.54 Å². The van der Waals surface area contributed by atoms with E-state index in [2.05, 4.69) is 73.7 Å². The largest absolute Gasteiger partial charge is 0.314 e. The predicted octanol–water partition coefficient (Wildman–Crippen LogP) is 4.80. The van der Waals surface area contributed by atoms with Crippen molar-refractivity contribution in [3.63, 3.8) is 0 Å². The maximum absolute atomic E-state index is 7.01. The summed E-state index contributed by atoms with van der Waals surface area (Å²) in [6.45, 7) is 2.24. The Bertz CT molecular complexity index is 628. The summed E-state index contributed by atoms with van der Waals surface area (Å²) in [6.07, 6.45) is 9.08. The molecule has 2 aromatic carbocycles. The van der Waals surface area contributed by atoms with E-state index in [1.165, 1.54) is 5.57 Å². The van der Waals surface area contributed by atoms with E-state index in [1.54, 1.807) is 0 Å². The molecule has 1 heteroatoms. The van der Waals surface area contributed by atoms with Gasteiger partial charge in [0.2, 0.25) is 0 Å². The average molecular weight is 289 g/mol. The summed E-state index contributed by atoms with van der Waals surface area (Å²) < 4.78 is 0. The third-order valence-electron chi connectivity index (χ3n) is 4.59. The van der Waals surface area contributed by atoms with Crippen molar-refractivity contribution in [2.45, 2.75) is 25.3 Å². The first-order chi connectivity index (χ1) is 10.7. The molecule has 1 aliphatic carbocycles. The Morgan fingerprint density at radius 1 is 0.955 bits per heavy atom. The highest BCUT2D eigenvalue weighted by molar-refractivity contribution is 5.51. The molecule has 0 amide bonds. The van der Waals surface area contributed by atoms with Crippen molar-refractivity contribution < 1.29 is 0 Å². The lowest BCUT2D eigenvalue weighted by Gasteiger charge is -2.34. The van der Waals surface area contributed by atoms with Crippen LogP contribution in [-0.4, -0.2) is 0 Å². The number of allylic oxidation sites excluding steroid dienone is 2. The molecule has 0 saturated carbocycles. The Morgan fingerprint density at radius 3 is 2.00 bits per heavy atom. The molecule has 1 unspecified atom stereocenters. The maximum Gasteiger partial charge on any atom is 0.0919 e. The molecule has 1 aliphatic rings. The highest BCUT2D eigenvalue weighted by Gasteiger charge is 2.33. The minimum absolute atomic E-state index is 0.579. The van der Waals surface area contributed by atoms with E-state index in [-0.39, 0.29) is 0 Å². The minimum atomic E-state index is -0.590. The summed E-state index contributed by atoms with van der Waals surface area (Å²) in [6, 6.07) is 20.8. The van der Waals surface area contributed by atoms with Crippen LogP contribution in [0, 0.1) is 5.92 Å². The van der Waals surface area contributed by atoms with E-state index >= 15 is 0 Å². The summed E-state index contributed by atoms with van der Waals surface area (Å²) >= 11 is 0. The van der Waals surface area contributed by atoms with Crippen LogP contribution in [0.1, 0.15) is 30.9 Å². The van der Waals surface area contributed by atoms with Gasteiger partial charge in [-0.1, -0.05) is 85.8 Å². The van der Waals surface area contributed by atoms with Crippen LogP contribution in [0.4, 0.5) is 0 Å². The van der Waals surface area contributed by atoms with Gasteiger partial charge in [-0.05, 0) is 35.5 Å². The predicted molar refractivity (Wildman–Crippen MR) is 93.5 cm³/mol. The van der Waals surface area contributed by atoms with E-state index < -0.39 is 5.54 Å². The van der Waals surface area contributed by atoms with Crippen LogP contribution in [0.5, 0.6) is 0 Å². The van der Waals surface area contributed by atoms with Crippen LogP contribution in [-0.2, 0) is 5.54 Å². The first kappa shape index (κ1) is 14.8. The second kappa shape index (κ2) is 6.33. The molecule has 0 aromatic heterocycles. The van der Waals surface area contributed by atoms with Crippen LogP contribution in [0.15, 0.2) is 84.5 Å². The van der Waals surface area contributed by atoms with Gasteiger partial charge in [-0.2, -0.15) is 0 Å². The van der Waals surface area contributed by atoms with Gasteiger partial charge >= 0.3 is 0 Å². The summed E-state index contributed by atoms with van der Waals surface area (Å²) in [5.74, 6) is 0.579. The van der Waals surface area contributed by atoms with Crippen molar-refractivity contribution in [1.29, 1.82) is 0 Å². The molecule has 3 rings (SSSR count). The van der Waals surface area contributed by atoms with Crippen molar-refractivity contribution in [3.05, 3.63) is 95.6 Å². The number of hydrogen-bond donors (Lipinski definition) is 1. The number of nitrogens with two attached hydrogens (primary N) is 1. The standard InChI is InChI=1S/C21H23N/c1-2-17-10-9-15-20(16-17)21(22,18-11-5-3-6-12-18)19-13-7-4-8-14-19/h3-9,11-17H,2,10,22H2,1H3. The Hall–Kier alpha value is -2.12. The van der Waals surface area contributed by atoms with E-state index in [0.717, 1.165) is 24.0 Å². The topological polar surface area (TPSA) is 26.0 Å². The molecule has 1 nitrogen and oxygen atoms in total. The first-order valence-corrected chi connectivity index (χ1v) is 8.04. The van der Waals surface area contributed by atoms with Gasteiger partial charge in [-0.15, -0.1) is 0 Å². The van der Waals surface area contributed by atoms with Crippen LogP contribution in [0.25, 0.3) is 0 Å². The number of rotatable bonds is 4. The maximum atomic E-state index is 7.01. The second-order valence-corrected chi connectivity index (χ2v) is 5.97. The molecule has 0 fully saturated rings. The molecule has 2 aromatic rings. The Morgan fingerprint density at radius 2 is 1.50 bits per heavy atom. The lowest BCUT2D eigenvalue weighted by atomic mass is 9.74. The van der Waals surface area contributed by atoms with Gasteiger partial charge in [-0.3, -0.25) is 0 Å². The van der Waals surface area contributed by atoms with Crippen LogP contribution < -0.4 is 5.73 Å². The number of benzene rings is 2. The fourth-order valence-electron chi connectivity index (χ4n) is 3.20. The third kappa shape index (κ3) is 2.65. The fraction of sp³-hybridized carbons (Fsp3) is 0.238. The summed E-state index contributed by atoms with van der Waals surface area (Å²) in [5.41, 5.74) is 9.89. The van der Waals surface area contributed by atoms with Crippen LogP contribution in [0.3, 0.4) is 0 Å². The molecule has 1 atom stereocenters. The molecular weight excluding hydrogens is 266 g/mol. The van der Waals surface area contributed by atoms with Gasteiger partial charge in [0, 0.05) is 0 Å². The molecule has 2 N–H and O–H groups in total. The summed E-state index contributed by atoms with van der Waals surface area (Å²) in [5, 5.41) is 0. The van der Waals surface area contributed by atoms with Crippen LogP contribution in [0.2, 0.25) is 0 Å². The lowest BCUT2D eigenvalue weighted by Crippen LogP contribution is -2.40. The average Bonchev–Trinajstić information content (AvgIpc) is 2.62. The van der Waals surface area contributed by atoms with Gasteiger partial charge < -0.3 is 5.73 Å². The molecule has 0 saturated heterocycles. The van der Waals surface area contributed by atoms with E-state index in [9.17, 15) is 0 Å². The zero-order chi connectivity index (χ0) is 15.4. The molecule has 0 bridgehead atoms. The summed E-state index contributed by atoms with van der Waals surface area (Å²) in [7, 11) is 0. The van der Waals surface area contributed by atoms with E-state index in [4.69, 9.17) is 5.73 Å². The minimum Gasteiger partial charge on any atom is -0.314 e. The molecule has 112 valence electrons. The van der Waals surface area contributed by atoms with Gasteiger partial charge in [0.1, 0.15) is 0 Å². The highest BCUT2D eigenvalue weighted by Crippen LogP contribution is 2.37. The van der Waals surface area contributed by atoms with Crippen molar-refractivity contribution in [2.75, 3.05) is 0 Å². The Labute approximate surface area is 133 Å². The number of hydrogen-bond acceptors (Lipinski definition) is 1. The van der Waals surface area contributed by atoms with Gasteiger partial charge in [-0.25, -0.2) is 0 Å². The highest BCUT2D eigenvalue weighted by atomic mass is 14.8. The SMILES string of the molecule is CCC1C=C(C(N)(c2ccccc2)c2ccccc2)C=CC1. The van der Waals surface area contributed by atoms with Crippen molar-refractivity contribution in [1.82, 2.24) is 0 Å². The first-order valence-electron chi connectivity index (χ1n) is 8.04. The molecule has 0 heterocycles. The lowest BCUT2D eigenvalue weighted by molar-refractivity contribution is 0.586. The fourth-order valence-corrected chi connectivity index (χ4v) is 3.20. The van der Waals surface area contributed by atoms with Gasteiger partial charge in [0.15, 0.2) is 0 Å². The summed E-state index contributed by atoms with van der Waals surface area (Å²) in [4.78, 5) is 0. The third-order valence-corrected chi connectivity index (χ3v) is 4.59. The van der Waals surface area contributed by atoms with Gasteiger partial charge in [0.25, 0.3) is 0 Å². The molecular formula is C21H23N. The van der Waals surface area contributed by atoms with E-state index in [1.807, 2.05) is 12.1 Å². The zero-order valence-electron chi connectivity index (χ0n) is 13.1. The van der Waals surface area contributed by atoms with E-state index in [0.29, 0.717) is 5.92 Å². The Balaban J connectivity index is 2.16. The second-order valence-electron chi connectivity index (χ2n) is 5.97. The quantitative estimate of drug-likeness (QED) is 0.859. The molecule has 0 spiro atoms. The monoisotopic (exact) mass is 289 g/mol. The van der Waals surface area contributed by atoms with Crippen LogP contribution >= 0.6 is 0 Å². The van der Waals surface area contributed by atoms with Crippen molar-refractivity contribution in [3.8, 4) is 0 Å². The van der Waals surface area contributed by atoms with Crippen molar-refractivity contribution in [2.24, 2.45) is 11.7 Å². The zero-order valence-corrected chi connectivity index (χ0v) is 13.1. The molecule has 0 aliphatic heterocycles.